The zero-order valence-corrected chi connectivity index (χ0v) is 14.3. The summed E-state index contributed by atoms with van der Waals surface area (Å²) in [4.78, 5) is 12.1. The summed E-state index contributed by atoms with van der Waals surface area (Å²) in [6, 6.07) is 14.1. The van der Waals surface area contributed by atoms with E-state index in [4.69, 9.17) is 0 Å². The van der Waals surface area contributed by atoms with E-state index in [0.717, 1.165) is 41.2 Å². The molecule has 0 aliphatic carbocycles. The van der Waals surface area contributed by atoms with Gasteiger partial charge < -0.3 is 22.6 Å². The number of nitrogens with one attached hydrogen (secondary N) is 1. The molecule has 0 bridgehead atoms. The Balaban J connectivity index is 0.000000431. The van der Waals surface area contributed by atoms with Crippen LogP contribution >= 0.6 is 0 Å². The van der Waals surface area contributed by atoms with Gasteiger partial charge in [0.15, 0.2) is 12.4 Å². The Kier molecular flexibility index (Phi) is 6.55. The fourth-order valence-corrected chi connectivity index (χ4v) is 2.46. The largest absolute Gasteiger partial charge is 0.673 e. The molecule has 0 aliphatic heterocycles. The smallest absolute Gasteiger partial charge is 0.418 e. The molecule has 2 aromatic heterocycles. The number of carbonyl (C=O) groups is 1. The van der Waals surface area contributed by atoms with Crippen LogP contribution in [0.5, 0.6) is 0 Å². The molecule has 0 saturated carbocycles. The van der Waals surface area contributed by atoms with E-state index in [-0.39, 0.29) is 5.91 Å². The number of amides is 1. The molecule has 3 rings (SSSR count). The number of fused-ring (bicyclic) bond motifs is 2. The number of hydrogen-bond acceptors (Lipinski definition) is 1. The van der Waals surface area contributed by atoms with Crippen LogP contribution in [0.1, 0.15) is 30.1 Å². The first-order chi connectivity index (χ1) is 12.3. The van der Waals surface area contributed by atoms with Crippen LogP contribution < -0.4 is 9.72 Å². The van der Waals surface area contributed by atoms with Crippen molar-refractivity contribution in [2.45, 2.75) is 19.8 Å². The van der Waals surface area contributed by atoms with Crippen LogP contribution in [0.25, 0.3) is 16.3 Å². The van der Waals surface area contributed by atoms with Crippen LogP contribution in [0.2, 0.25) is 0 Å². The van der Waals surface area contributed by atoms with Crippen LogP contribution in [-0.4, -0.2) is 19.7 Å². The summed E-state index contributed by atoms with van der Waals surface area (Å²) in [5.74, 6) is 0.00571. The number of halogens is 4. The normalized spacial score (nSPS) is 11.1. The molecule has 1 aromatic carbocycles. The molecule has 26 heavy (non-hydrogen) atoms. The molecule has 1 N–H and O–H groups in total. The second kappa shape index (κ2) is 8.64. The zero-order valence-electron chi connectivity index (χ0n) is 14.3. The van der Waals surface area contributed by atoms with Gasteiger partial charge >= 0.3 is 7.25 Å². The lowest BCUT2D eigenvalue weighted by Gasteiger charge is -2.05. The van der Waals surface area contributed by atoms with Gasteiger partial charge in [0.05, 0.1) is 0 Å². The van der Waals surface area contributed by atoms with Gasteiger partial charge in [-0.1, -0.05) is 13.3 Å². The molecule has 0 saturated heterocycles. The first-order valence-corrected chi connectivity index (χ1v) is 8.27. The predicted molar refractivity (Wildman–Crippen MR) is 94.5 cm³/mol. The molecule has 3 nitrogen and oxygen atoms in total. The molecule has 0 radical (unpaired) electrons. The van der Waals surface area contributed by atoms with E-state index in [1.54, 1.807) is 0 Å². The molecular weight excluding hydrogens is 347 g/mol. The molecule has 0 spiro atoms. The first kappa shape index (κ1) is 19.7. The van der Waals surface area contributed by atoms with Crippen molar-refractivity contribution in [3.05, 3.63) is 60.4 Å². The van der Waals surface area contributed by atoms with Crippen molar-refractivity contribution in [1.29, 1.82) is 0 Å². The number of carbonyl (C=O) groups excluding carboxylic acids is 1. The predicted octanol–water partition coefficient (Wildman–Crippen LogP) is 4.41. The van der Waals surface area contributed by atoms with E-state index in [1.165, 1.54) is 0 Å². The van der Waals surface area contributed by atoms with Gasteiger partial charge in [-0.25, -0.2) is 0 Å². The van der Waals surface area contributed by atoms with Gasteiger partial charge in [-0.05, 0) is 36.1 Å². The van der Waals surface area contributed by atoms with E-state index in [9.17, 15) is 22.1 Å². The number of unbranched alkanes of at least 4 members (excludes halogenated alkanes) is 1. The SMILES string of the molecule is CCCCNC(=O)c1ccc2c[n+]3ccccc3cc2c1.F[B-](F)(F)F. The summed E-state index contributed by atoms with van der Waals surface area (Å²) < 4.78 is 41.1. The van der Waals surface area contributed by atoms with Gasteiger partial charge in [-0.2, -0.15) is 4.40 Å². The van der Waals surface area contributed by atoms with Gasteiger partial charge in [0.1, 0.15) is 0 Å². The molecule has 0 atom stereocenters. The molecule has 138 valence electrons. The third-order valence-corrected chi connectivity index (χ3v) is 3.67. The molecule has 0 unspecified atom stereocenters. The second-order valence-electron chi connectivity index (χ2n) is 5.75. The fraction of sp³-hybridized carbons (Fsp3) is 0.222. The summed E-state index contributed by atoms with van der Waals surface area (Å²) in [6.45, 7) is 2.85. The molecule has 0 aliphatic rings. The van der Waals surface area contributed by atoms with Gasteiger partial charge in [-0.3, -0.25) is 4.79 Å². The zero-order chi connectivity index (χ0) is 19.2. The highest BCUT2D eigenvalue weighted by Crippen LogP contribution is 2.16. The highest BCUT2D eigenvalue weighted by atomic mass is 19.5. The highest BCUT2D eigenvalue weighted by molar-refractivity contribution is 6.50. The van der Waals surface area contributed by atoms with Crippen molar-refractivity contribution in [3.63, 3.8) is 0 Å². The summed E-state index contributed by atoms with van der Waals surface area (Å²) >= 11 is 0. The summed E-state index contributed by atoms with van der Waals surface area (Å²) in [5.41, 5.74) is 1.84. The topological polar surface area (TPSA) is 33.2 Å². The Morgan fingerprint density at radius 2 is 1.81 bits per heavy atom. The maximum absolute atomic E-state index is 12.1. The lowest BCUT2D eigenvalue weighted by atomic mass is 10.1. The maximum Gasteiger partial charge on any atom is 0.673 e. The van der Waals surface area contributed by atoms with Crippen LogP contribution in [-0.2, 0) is 0 Å². The molecule has 1 amide bonds. The molecular formula is C18H19BF4N2O. The second-order valence-corrected chi connectivity index (χ2v) is 5.75. The van der Waals surface area contributed by atoms with Crippen molar-refractivity contribution in [1.82, 2.24) is 5.32 Å². The van der Waals surface area contributed by atoms with Gasteiger partial charge in [-0.15, -0.1) is 0 Å². The molecule has 3 aromatic rings. The van der Waals surface area contributed by atoms with E-state index in [1.807, 2.05) is 36.5 Å². The van der Waals surface area contributed by atoms with Crippen LogP contribution in [0, 0.1) is 0 Å². The minimum absolute atomic E-state index is 0.00571. The van der Waals surface area contributed by atoms with E-state index in [2.05, 4.69) is 35.0 Å². The van der Waals surface area contributed by atoms with Crippen LogP contribution in [0.3, 0.4) is 0 Å². The summed E-state index contributed by atoms with van der Waals surface area (Å²) in [5, 5.41) is 5.17. The summed E-state index contributed by atoms with van der Waals surface area (Å²) in [7, 11) is -6.00. The third kappa shape index (κ3) is 6.02. The van der Waals surface area contributed by atoms with Crippen molar-refractivity contribution in [3.8, 4) is 0 Å². The number of benzene rings is 1. The highest BCUT2D eigenvalue weighted by Gasteiger charge is 2.20. The molecule has 0 fully saturated rings. The standard InChI is InChI=1S/C18H18N2O.BF4/c1-2-3-9-19-18(21)14-7-8-15-13-20-10-5-4-6-17(20)12-16(15)11-14;2-1(3,4)5/h4-8,10-13H,2-3,9H2,1H3;/q;-1/p+1. The van der Waals surface area contributed by atoms with Crippen LogP contribution in [0.4, 0.5) is 17.3 Å². The van der Waals surface area contributed by atoms with Crippen molar-refractivity contribution >= 4 is 29.5 Å². The number of rotatable bonds is 4. The van der Waals surface area contributed by atoms with Crippen molar-refractivity contribution < 1.29 is 26.5 Å². The Morgan fingerprint density at radius 3 is 2.50 bits per heavy atom. The number of hydrogen-bond donors (Lipinski definition) is 1. The number of nitrogens with zero attached hydrogens (tertiary/aromatic N) is 1. The number of aromatic nitrogens is 1. The minimum Gasteiger partial charge on any atom is -0.418 e. The van der Waals surface area contributed by atoms with E-state index < -0.39 is 7.25 Å². The first-order valence-electron chi connectivity index (χ1n) is 8.27. The summed E-state index contributed by atoms with van der Waals surface area (Å²) in [6.07, 6.45) is 6.21. The monoisotopic (exact) mass is 366 g/mol. The molecule has 8 heteroatoms. The fourth-order valence-electron chi connectivity index (χ4n) is 2.46. The van der Waals surface area contributed by atoms with Crippen molar-refractivity contribution in [2.75, 3.05) is 6.54 Å². The van der Waals surface area contributed by atoms with E-state index in [0.29, 0.717) is 0 Å². The third-order valence-electron chi connectivity index (χ3n) is 3.67. The lowest BCUT2D eigenvalue weighted by molar-refractivity contribution is -0.510. The Hall–Kier alpha value is -2.64. The van der Waals surface area contributed by atoms with Crippen molar-refractivity contribution in [2.24, 2.45) is 0 Å². The lowest BCUT2D eigenvalue weighted by Crippen LogP contribution is -2.24. The molecule has 2 heterocycles. The Labute approximate surface area is 148 Å². The van der Waals surface area contributed by atoms with E-state index >= 15 is 0 Å². The van der Waals surface area contributed by atoms with Crippen LogP contribution in [0.15, 0.2) is 54.9 Å². The van der Waals surface area contributed by atoms with Gasteiger partial charge in [0.25, 0.3) is 5.91 Å². The maximum atomic E-state index is 12.1. The minimum atomic E-state index is -6.00. The Morgan fingerprint density at radius 1 is 1.08 bits per heavy atom. The average molecular weight is 366 g/mol. The average Bonchev–Trinajstić information content (AvgIpc) is 2.58. The van der Waals surface area contributed by atoms with Gasteiger partial charge in [0.2, 0.25) is 5.52 Å². The quantitative estimate of drug-likeness (QED) is 0.240. The van der Waals surface area contributed by atoms with Gasteiger partial charge in [0, 0.05) is 35.7 Å². The Bertz CT molecular complexity index is 893. The number of pyridine rings is 2.